The van der Waals surface area contributed by atoms with E-state index in [0.29, 0.717) is 40.4 Å². The second kappa shape index (κ2) is 10.7. The largest absolute Gasteiger partial charge is 0.493 e. The monoisotopic (exact) mass is 494 g/mol. The number of aromatic nitrogens is 3. The lowest BCUT2D eigenvalue weighted by Gasteiger charge is -2.31. The molecule has 0 aliphatic carbocycles. The van der Waals surface area contributed by atoms with Crippen molar-refractivity contribution in [3.63, 3.8) is 0 Å². The number of piperidine rings is 1. The van der Waals surface area contributed by atoms with E-state index in [1.54, 1.807) is 13.3 Å². The Bertz CT molecular complexity index is 1440. The Balaban J connectivity index is 1.38. The molecule has 188 valence electrons. The fourth-order valence-electron chi connectivity index (χ4n) is 4.44. The van der Waals surface area contributed by atoms with Crippen LogP contribution in [0.15, 0.2) is 54.9 Å². The summed E-state index contributed by atoms with van der Waals surface area (Å²) in [6.45, 7) is 6.53. The Morgan fingerprint density at radius 2 is 1.89 bits per heavy atom. The van der Waals surface area contributed by atoms with Gasteiger partial charge in [0.25, 0.3) is 0 Å². The predicted molar refractivity (Wildman–Crippen MR) is 144 cm³/mol. The van der Waals surface area contributed by atoms with E-state index in [2.05, 4.69) is 33.2 Å². The summed E-state index contributed by atoms with van der Waals surface area (Å²) in [4.78, 5) is 16.0. The summed E-state index contributed by atoms with van der Waals surface area (Å²) in [7, 11) is 1.61. The van der Waals surface area contributed by atoms with Crippen LogP contribution in [-0.4, -0.2) is 35.2 Å². The molecule has 1 fully saturated rings. The summed E-state index contributed by atoms with van der Waals surface area (Å²) in [6.07, 6.45) is 5.88. The first-order valence-corrected chi connectivity index (χ1v) is 12.5. The van der Waals surface area contributed by atoms with Crippen molar-refractivity contribution in [2.45, 2.75) is 33.3 Å². The molecule has 2 aromatic heterocycles. The number of rotatable bonds is 7. The summed E-state index contributed by atoms with van der Waals surface area (Å²) in [5.41, 5.74) is 5.13. The third kappa shape index (κ3) is 5.41. The molecule has 4 aromatic rings. The molecule has 0 radical (unpaired) electrons. The molecule has 37 heavy (non-hydrogen) atoms. The average molecular weight is 495 g/mol. The van der Waals surface area contributed by atoms with Crippen molar-refractivity contribution in [2.24, 2.45) is 5.92 Å². The molecule has 0 unspecified atom stereocenters. The molecule has 3 heterocycles. The van der Waals surface area contributed by atoms with E-state index >= 15 is 0 Å². The van der Waals surface area contributed by atoms with E-state index in [0.717, 1.165) is 54.6 Å². The molecule has 0 bridgehead atoms. The number of aryl methyl sites for hydroxylation is 1. The normalized spacial score (nSPS) is 13.8. The first-order valence-electron chi connectivity index (χ1n) is 12.5. The van der Waals surface area contributed by atoms with Gasteiger partial charge in [-0.1, -0.05) is 13.0 Å². The molecule has 1 N–H and O–H groups in total. The molecule has 8 heteroatoms. The van der Waals surface area contributed by atoms with Crippen LogP contribution in [0, 0.1) is 24.2 Å². The van der Waals surface area contributed by atoms with Crippen molar-refractivity contribution in [2.75, 3.05) is 30.4 Å². The Kier molecular flexibility index (Phi) is 7.04. The maximum absolute atomic E-state index is 10.0. The van der Waals surface area contributed by atoms with Gasteiger partial charge < -0.3 is 19.7 Å². The fourth-order valence-corrected chi connectivity index (χ4v) is 4.44. The Morgan fingerprint density at radius 3 is 2.62 bits per heavy atom. The van der Waals surface area contributed by atoms with Gasteiger partial charge in [-0.05, 0) is 56.0 Å². The highest BCUT2D eigenvalue weighted by Gasteiger charge is 2.19. The zero-order valence-corrected chi connectivity index (χ0v) is 21.4. The van der Waals surface area contributed by atoms with Crippen LogP contribution in [0.25, 0.3) is 11.0 Å². The molecule has 0 saturated carbocycles. The minimum atomic E-state index is 0.386. The van der Waals surface area contributed by atoms with E-state index in [-0.39, 0.29) is 0 Å². The number of ether oxygens (including phenoxy) is 2. The first kappa shape index (κ1) is 24.3. The van der Waals surface area contributed by atoms with Gasteiger partial charge in [0.1, 0.15) is 29.6 Å². The molecular weight excluding hydrogens is 464 g/mol. The molecular formula is C29H30N6O2. The van der Waals surface area contributed by atoms with Gasteiger partial charge in [-0.25, -0.2) is 4.98 Å². The zero-order valence-electron chi connectivity index (χ0n) is 21.4. The van der Waals surface area contributed by atoms with Gasteiger partial charge in [0, 0.05) is 42.3 Å². The van der Waals surface area contributed by atoms with Crippen molar-refractivity contribution in [1.29, 1.82) is 5.26 Å². The lowest BCUT2D eigenvalue weighted by molar-refractivity contribution is 0.284. The van der Waals surface area contributed by atoms with Crippen molar-refractivity contribution in [3.8, 4) is 17.6 Å². The number of pyridine rings is 1. The molecule has 0 spiro atoms. The molecule has 2 aromatic carbocycles. The number of nitrogens with zero attached hydrogens (tertiary/aromatic N) is 5. The van der Waals surface area contributed by atoms with Crippen LogP contribution in [0.1, 0.15) is 36.6 Å². The van der Waals surface area contributed by atoms with E-state index in [9.17, 15) is 5.26 Å². The van der Waals surface area contributed by atoms with Gasteiger partial charge in [0.05, 0.1) is 24.5 Å². The Labute approximate surface area is 216 Å². The molecule has 0 amide bonds. The third-order valence-corrected chi connectivity index (χ3v) is 6.73. The molecule has 1 aliphatic rings. The van der Waals surface area contributed by atoms with Crippen LogP contribution in [-0.2, 0) is 6.61 Å². The standard InChI is InChI=1S/C29H30N6O2/c1-19-10-12-35(13-11-19)28-17-32-25-8-7-24(23(15-30)29(25)34-28)33-22-6-9-26(27(14-22)36-3)37-18-21-5-4-20(2)31-16-21/h4-9,14,16-17,19,33H,10-13,18H2,1-3H3. The fraction of sp³-hybridized carbons (Fsp3) is 0.310. The number of fused-ring (bicyclic) bond motifs is 1. The van der Waals surface area contributed by atoms with Crippen molar-refractivity contribution in [3.05, 3.63) is 71.7 Å². The SMILES string of the molecule is COc1cc(Nc2ccc3ncc(N4CCC(C)CC4)nc3c2C#N)ccc1OCc1ccc(C)nc1. The number of hydrogen-bond acceptors (Lipinski definition) is 8. The molecule has 8 nitrogen and oxygen atoms in total. The van der Waals surface area contributed by atoms with Crippen LogP contribution in [0.4, 0.5) is 17.2 Å². The summed E-state index contributed by atoms with van der Waals surface area (Å²) in [5.74, 6) is 2.76. The second-order valence-electron chi connectivity index (χ2n) is 9.45. The highest BCUT2D eigenvalue weighted by molar-refractivity contribution is 5.89. The molecule has 1 aliphatic heterocycles. The summed E-state index contributed by atoms with van der Waals surface area (Å²) >= 11 is 0. The van der Waals surface area contributed by atoms with E-state index < -0.39 is 0 Å². The second-order valence-corrected chi connectivity index (χ2v) is 9.45. The predicted octanol–water partition coefficient (Wildman–Crippen LogP) is 5.77. The minimum Gasteiger partial charge on any atom is -0.493 e. The maximum atomic E-state index is 10.0. The number of benzene rings is 2. The highest BCUT2D eigenvalue weighted by atomic mass is 16.5. The quantitative estimate of drug-likeness (QED) is 0.346. The van der Waals surface area contributed by atoms with Gasteiger partial charge in [0.15, 0.2) is 11.5 Å². The van der Waals surface area contributed by atoms with E-state index in [1.165, 1.54) is 0 Å². The number of anilines is 3. The third-order valence-electron chi connectivity index (χ3n) is 6.73. The topological polar surface area (TPSA) is 96.2 Å². The number of methoxy groups -OCH3 is 1. The van der Waals surface area contributed by atoms with Crippen LogP contribution in [0.3, 0.4) is 0 Å². The van der Waals surface area contributed by atoms with E-state index in [4.69, 9.17) is 14.5 Å². The number of nitrogens with one attached hydrogen (secondary N) is 1. The minimum absolute atomic E-state index is 0.386. The summed E-state index contributed by atoms with van der Waals surface area (Å²) < 4.78 is 11.5. The first-order chi connectivity index (χ1) is 18.0. The van der Waals surface area contributed by atoms with Gasteiger partial charge >= 0.3 is 0 Å². The van der Waals surface area contributed by atoms with E-state index in [1.807, 2.05) is 55.6 Å². The number of nitriles is 1. The molecule has 5 rings (SSSR count). The Hall–Kier alpha value is -4.38. The average Bonchev–Trinajstić information content (AvgIpc) is 2.93. The highest BCUT2D eigenvalue weighted by Crippen LogP contribution is 2.34. The van der Waals surface area contributed by atoms with Crippen molar-refractivity contribution in [1.82, 2.24) is 15.0 Å². The van der Waals surface area contributed by atoms with Crippen LogP contribution < -0.4 is 19.7 Å². The van der Waals surface area contributed by atoms with Crippen LogP contribution in [0.2, 0.25) is 0 Å². The Morgan fingerprint density at radius 1 is 1.05 bits per heavy atom. The zero-order chi connectivity index (χ0) is 25.8. The van der Waals surface area contributed by atoms with Crippen molar-refractivity contribution >= 4 is 28.2 Å². The molecule has 0 atom stereocenters. The van der Waals surface area contributed by atoms with Gasteiger partial charge in [-0.15, -0.1) is 0 Å². The maximum Gasteiger partial charge on any atom is 0.162 e. The molecule has 1 saturated heterocycles. The van der Waals surface area contributed by atoms with Crippen LogP contribution >= 0.6 is 0 Å². The lowest BCUT2D eigenvalue weighted by atomic mass is 9.99. The van der Waals surface area contributed by atoms with Crippen molar-refractivity contribution < 1.29 is 9.47 Å². The van der Waals surface area contributed by atoms with Crippen LogP contribution in [0.5, 0.6) is 11.5 Å². The van der Waals surface area contributed by atoms with Gasteiger partial charge in [-0.2, -0.15) is 5.26 Å². The summed E-state index contributed by atoms with van der Waals surface area (Å²) in [5, 5.41) is 13.4. The summed E-state index contributed by atoms with van der Waals surface area (Å²) in [6, 6.07) is 15.6. The smallest absolute Gasteiger partial charge is 0.162 e. The van der Waals surface area contributed by atoms with Gasteiger partial charge in [-0.3, -0.25) is 9.97 Å². The number of hydrogen-bond donors (Lipinski definition) is 1. The van der Waals surface area contributed by atoms with Gasteiger partial charge in [0.2, 0.25) is 0 Å². The lowest BCUT2D eigenvalue weighted by Crippen LogP contribution is -2.33.